The van der Waals surface area contributed by atoms with Crippen molar-refractivity contribution < 1.29 is 4.74 Å². The number of nitrogens with two attached hydrogens (primary N) is 1. The molecule has 0 aliphatic rings. The Morgan fingerprint density at radius 3 is 3.12 bits per heavy atom. The molecule has 2 aromatic rings. The van der Waals surface area contributed by atoms with E-state index in [1.807, 2.05) is 18.2 Å². The summed E-state index contributed by atoms with van der Waals surface area (Å²) in [7, 11) is 1.72. The standard InChI is InChI=1S/C12H17N3OS/c1-8(5-6-16-2)17-12-14-10-4-3-9(13)7-11(10)15-12/h3-4,7-8H,5-6,13H2,1-2H3,(H,14,15). The second-order valence-corrected chi connectivity index (χ2v) is 5.46. The molecule has 3 N–H and O–H groups in total. The van der Waals surface area contributed by atoms with Gasteiger partial charge in [0.15, 0.2) is 5.16 Å². The Kier molecular flexibility index (Phi) is 3.91. The second-order valence-electron chi connectivity index (χ2n) is 4.03. The van der Waals surface area contributed by atoms with E-state index in [1.54, 1.807) is 18.9 Å². The van der Waals surface area contributed by atoms with Gasteiger partial charge in [0.05, 0.1) is 11.0 Å². The van der Waals surface area contributed by atoms with E-state index in [-0.39, 0.29) is 0 Å². The molecule has 5 heteroatoms. The predicted octanol–water partition coefficient (Wildman–Crippen LogP) is 2.66. The van der Waals surface area contributed by atoms with Gasteiger partial charge in [-0.1, -0.05) is 18.7 Å². The van der Waals surface area contributed by atoms with Crippen molar-refractivity contribution >= 4 is 28.5 Å². The first-order valence-electron chi connectivity index (χ1n) is 5.60. The molecule has 0 aliphatic heterocycles. The number of hydrogen-bond acceptors (Lipinski definition) is 4. The number of nitrogen functional groups attached to an aromatic ring is 1. The molecule has 1 unspecified atom stereocenters. The van der Waals surface area contributed by atoms with Gasteiger partial charge in [-0.15, -0.1) is 0 Å². The van der Waals surface area contributed by atoms with Gasteiger partial charge in [-0.2, -0.15) is 0 Å². The molecule has 0 fully saturated rings. The van der Waals surface area contributed by atoms with Crippen LogP contribution in [0.15, 0.2) is 23.4 Å². The summed E-state index contributed by atoms with van der Waals surface area (Å²) in [4.78, 5) is 7.79. The Labute approximate surface area is 105 Å². The SMILES string of the molecule is COCCC(C)Sc1nc2ccc(N)cc2[nH]1. The lowest BCUT2D eigenvalue weighted by atomic mass is 10.3. The van der Waals surface area contributed by atoms with Crippen LogP contribution in [0.4, 0.5) is 5.69 Å². The van der Waals surface area contributed by atoms with Gasteiger partial charge in [0, 0.05) is 24.7 Å². The van der Waals surface area contributed by atoms with Crippen LogP contribution in [0.2, 0.25) is 0 Å². The average molecular weight is 251 g/mol. The number of imidazole rings is 1. The number of methoxy groups -OCH3 is 1. The number of hydrogen-bond donors (Lipinski definition) is 2. The first-order chi connectivity index (χ1) is 8.19. The minimum atomic E-state index is 0.479. The number of fused-ring (bicyclic) bond motifs is 1. The number of ether oxygens (including phenoxy) is 1. The summed E-state index contributed by atoms with van der Waals surface area (Å²) in [6, 6.07) is 5.71. The van der Waals surface area contributed by atoms with Gasteiger partial charge in [0.2, 0.25) is 0 Å². The summed E-state index contributed by atoms with van der Waals surface area (Å²) in [5, 5.41) is 1.42. The Balaban J connectivity index is 2.08. The number of nitrogens with zero attached hydrogens (tertiary/aromatic N) is 1. The third kappa shape index (κ3) is 3.14. The molecular weight excluding hydrogens is 234 g/mol. The smallest absolute Gasteiger partial charge is 0.166 e. The molecule has 1 atom stereocenters. The van der Waals surface area contributed by atoms with Crippen LogP contribution >= 0.6 is 11.8 Å². The summed E-state index contributed by atoms with van der Waals surface area (Å²) in [5.41, 5.74) is 8.43. The minimum Gasteiger partial charge on any atom is -0.399 e. The lowest BCUT2D eigenvalue weighted by Gasteiger charge is -2.07. The van der Waals surface area contributed by atoms with Crippen LogP contribution in [-0.4, -0.2) is 28.9 Å². The number of nitrogens with one attached hydrogen (secondary N) is 1. The molecule has 1 heterocycles. The fourth-order valence-corrected chi connectivity index (χ4v) is 2.51. The largest absolute Gasteiger partial charge is 0.399 e. The van der Waals surface area contributed by atoms with Crippen molar-refractivity contribution in [2.75, 3.05) is 19.5 Å². The molecule has 0 saturated carbocycles. The fourth-order valence-electron chi connectivity index (χ4n) is 1.59. The molecule has 0 amide bonds. The van der Waals surface area contributed by atoms with Crippen molar-refractivity contribution in [1.29, 1.82) is 0 Å². The third-order valence-corrected chi connectivity index (χ3v) is 3.58. The number of benzene rings is 1. The minimum absolute atomic E-state index is 0.479. The number of H-pyrrole nitrogens is 1. The molecule has 0 aliphatic carbocycles. The zero-order chi connectivity index (χ0) is 12.3. The zero-order valence-corrected chi connectivity index (χ0v) is 10.9. The lowest BCUT2D eigenvalue weighted by Crippen LogP contribution is -2.01. The van der Waals surface area contributed by atoms with Gasteiger partial charge >= 0.3 is 0 Å². The normalized spacial score (nSPS) is 13.1. The quantitative estimate of drug-likeness (QED) is 0.633. The van der Waals surface area contributed by atoms with E-state index in [4.69, 9.17) is 10.5 Å². The molecule has 92 valence electrons. The molecule has 1 aromatic carbocycles. The average Bonchev–Trinajstić information content (AvgIpc) is 2.67. The zero-order valence-electron chi connectivity index (χ0n) is 10.1. The number of anilines is 1. The molecule has 0 spiro atoms. The summed E-state index contributed by atoms with van der Waals surface area (Å²) in [5.74, 6) is 0. The predicted molar refractivity (Wildman–Crippen MR) is 72.3 cm³/mol. The highest BCUT2D eigenvalue weighted by molar-refractivity contribution is 7.99. The Morgan fingerprint density at radius 2 is 2.35 bits per heavy atom. The second kappa shape index (κ2) is 5.42. The monoisotopic (exact) mass is 251 g/mol. The van der Waals surface area contributed by atoms with Crippen LogP contribution in [0.25, 0.3) is 11.0 Å². The summed E-state index contributed by atoms with van der Waals surface area (Å²) in [6.45, 7) is 2.95. The summed E-state index contributed by atoms with van der Waals surface area (Å²) >= 11 is 1.73. The van der Waals surface area contributed by atoms with Crippen molar-refractivity contribution in [3.05, 3.63) is 18.2 Å². The Hall–Kier alpha value is -1.20. The first-order valence-corrected chi connectivity index (χ1v) is 6.48. The summed E-state index contributed by atoms with van der Waals surface area (Å²) in [6.07, 6.45) is 1.01. The van der Waals surface area contributed by atoms with E-state index >= 15 is 0 Å². The molecule has 0 radical (unpaired) electrons. The molecular formula is C12H17N3OS. The van der Waals surface area contributed by atoms with E-state index in [0.29, 0.717) is 5.25 Å². The molecule has 1 aromatic heterocycles. The van der Waals surface area contributed by atoms with Crippen LogP contribution in [0.5, 0.6) is 0 Å². The van der Waals surface area contributed by atoms with E-state index < -0.39 is 0 Å². The van der Waals surface area contributed by atoms with Crippen LogP contribution in [0, 0.1) is 0 Å². The van der Waals surface area contributed by atoms with Gasteiger partial charge in [0.1, 0.15) is 0 Å². The highest BCUT2D eigenvalue weighted by atomic mass is 32.2. The molecule has 0 bridgehead atoms. The molecule has 0 saturated heterocycles. The van der Waals surface area contributed by atoms with Gasteiger partial charge < -0.3 is 15.5 Å². The van der Waals surface area contributed by atoms with Gasteiger partial charge in [-0.05, 0) is 24.6 Å². The van der Waals surface area contributed by atoms with Crippen LogP contribution < -0.4 is 5.73 Å². The maximum atomic E-state index is 5.73. The number of rotatable bonds is 5. The number of thioether (sulfide) groups is 1. The Morgan fingerprint density at radius 1 is 1.53 bits per heavy atom. The fraction of sp³-hybridized carbons (Fsp3) is 0.417. The van der Waals surface area contributed by atoms with E-state index in [9.17, 15) is 0 Å². The molecule has 4 nitrogen and oxygen atoms in total. The maximum absolute atomic E-state index is 5.73. The van der Waals surface area contributed by atoms with Crippen molar-refractivity contribution in [2.24, 2.45) is 0 Å². The summed E-state index contributed by atoms with van der Waals surface area (Å²) < 4.78 is 5.06. The van der Waals surface area contributed by atoms with Crippen LogP contribution in [-0.2, 0) is 4.74 Å². The van der Waals surface area contributed by atoms with Gasteiger partial charge in [-0.25, -0.2) is 4.98 Å². The highest BCUT2D eigenvalue weighted by Gasteiger charge is 2.08. The van der Waals surface area contributed by atoms with Gasteiger partial charge in [-0.3, -0.25) is 0 Å². The van der Waals surface area contributed by atoms with E-state index in [1.165, 1.54) is 0 Å². The molecule has 17 heavy (non-hydrogen) atoms. The van der Waals surface area contributed by atoms with Crippen LogP contribution in [0.1, 0.15) is 13.3 Å². The van der Waals surface area contributed by atoms with Crippen molar-refractivity contribution in [1.82, 2.24) is 9.97 Å². The molecule has 2 rings (SSSR count). The van der Waals surface area contributed by atoms with Crippen molar-refractivity contribution in [3.8, 4) is 0 Å². The maximum Gasteiger partial charge on any atom is 0.166 e. The van der Waals surface area contributed by atoms with Crippen LogP contribution in [0.3, 0.4) is 0 Å². The van der Waals surface area contributed by atoms with Crippen molar-refractivity contribution in [2.45, 2.75) is 23.8 Å². The third-order valence-electron chi connectivity index (χ3n) is 2.53. The highest BCUT2D eigenvalue weighted by Crippen LogP contribution is 2.25. The van der Waals surface area contributed by atoms with E-state index in [2.05, 4.69) is 16.9 Å². The topological polar surface area (TPSA) is 63.9 Å². The van der Waals surface area contributed by atoms with E-state index in [0.717, 1.165) is 34.9 Å². The first kappa shape index (κ1) is 12.3. The lowest BCUT2D eigenvalue weighted by molar-refractivity contribution is 0.195. The van der Waals surface area contributed by atoms with Crippen molar-refractivity contribution in [3.63, 3.8) is 0 Å². The number of aromatic nitrogens is 2. The number of aromatic amines is 1. The van der Waals surface area contributed by atoms with Gasteiger partial charge in [0.25, 0.3) is 0 Å². The Bertz CT molecular complexity index is 497.